The van der Waals surface area contributed by atoms with E-state index in [0.717, 1.165) is 19.0 Å². The molecule has 0 aromatic carbocycles. The van der Waals surface area contributed by atoms with Gasteiger partial charge in [0.1, 0.15) is 0 Å². The molecule has 0 aliphatic carbocycles. The van der Waals surface area contributed by atoms with Crippen LogP contribution in [0.4, 0.5) is 0 Å². The van der Waals surface area contributed by atoms with Crippen molar-refractivity contribution in [3.63, 3.8) is 0 Å². The number of rotatable bonds is 9. The topological polar surface area (TPSA) is 40.2 Å². The van der Waals surface area contributed by atoms with Crippen LogP contribution in [0.25, 0.3) is 0 Å². The summed E-state index contributed by atoms with van der Waals surface area (Å²) in [4.78, 5) is 2.46. The zero-order chi connectivity index (χ0) is 12.7. The van der Waals surface area contributed by atoms with Gasteiger partial charge in [0.15, 0.2) is 0 Å². The van der Waals surface area contributed by atoms with Crippen molar-refractivity contribution in [2.75, 3.05) is 41.5 Å². The van der Waals surface area contributed by atoms with Crippen LogP contribution in [0.5, 0.6) is 0 Å². The summed E-state index contributed by atoms with van der Waals surface area (Å²) in [6.45, 7) is 2.26. The van der Waals surface area contributed by atoms with Crippen molar-refractivity contribution in [1.29, 1.82) is 0 Å². The van der Waals surface area contributed by atoms with Gasteiger partial charge in [0.25, 0.3) is 0 Å². The molecule has 5 nitrogen and oxygen atoms in total. The summed E-state index contributed by atoms with van der Waals surface area (Å²) >= 11 is 0. The van der Waals surface area contributed by atoms with E-state index in [9.17, 15) is 0 Å². The van der Waals surface area contributed by atoms with E-state index in [1.165, 1.54) is 13.0 Å². The normalized spacial score (nSPS) is 21.5. The number of hydrogen-bond acceptors (Lipinski definition) is 5. The van der Waals surface area contributed by atoms with Crippen LogP contribution in [0, 0.1) is 0 Å². The first kappa shape index (κ1) is 15.3. The molecule has 1 rings (SSSR count). The van der Waals surface area contributed by atoms with Gasteiger partial charge in [-0.2, -0.15) is 0 Å². The van der Waals surface area contributed by atoms with Gasteiger partial charge >= 0.3 is 8.80 Å². The van der Waals surface area contributed by atoms with Gasteiger partial charge in [-0.1, -0.05) is 0 Å². The standard InChI is InChI=1S/C10H23NO4Si2/c1-12-16-10-6-8-11(10)7-5-9-17(13-2,14-3)15-4/h10H,5-9H2,1-4H3. The van der Waals surface area contributed by atoms with Crippen LogP contribution in [-0.2, 0) is 17.7 Å². The van der Waals surface area contributed by atoms with E-state index in [-0.39, 0.29) is 0 Å². The minimum absolute atomic E-state index is 0.598. The third-order valence-corrected chi connectivity index (χ3v) is 7.24. The molecule has 0 N–H and O–H groups in total. The molecule has 0 bridgehead atoms. The predicted octanol–water partition coefficient (Wildman–Crippen LogP) is 0.552. The maximum Gasteiger partial charge on any atom is 0.500 e. The van der Waals surface area contributed by atoms with Crippen LogP contribution >= 0.6 is 0 Å². The molecule has 1 unspecified atom stereocenters. The Balaban J connectivity index is 2.22. The average molecular weight is 277 g/mol. The summed E-state index contributed by atoms with van der Waals surface area (Å²) in [6.07, 6.45) is 2.31. The lowest BCUT2D eigenvalue weighted by atomic mass is 10.2. The van der Waals surface area contributed by atoms with Gasteiger partial charge in [0.2, 0.25) is 9.76 Å². The first-order valence-electron chi connectivity index (χ1n) is 5.89. The van der Waals surface area contributed by atoms with Crippen LogP contribution in [0.2, 0.25) is 6.04 Å². The molecule has 0 aromatic heterocycles. The highest BCUT2D eigenvalue weighted by molar-refractivity contribution is 6.60. The Morgan fingerprint density at radius 3 is 2.24 bits per heavy atom. The first-order chi connectivity index (χ1) is 8.21. The summed E-state index contributed by atoms with van der Waals surface area (Å²) in [5, 5.41) is 0. The van der Waals surface area contributed by atoms with Crippen molar-refractivity contribution in [1.82, 2.24) is 4.90 Å². The smallest absolute Gasteiger partial charge is 0.419 e. The molecule has 1 aliphatic heterocycles. The first-order valence-corrected chi connectivity index (χ1v) is 8.81. The molecule has 1 fully saturated rings. The van der Waals surface area contributed by atoms with Crippen LogP contribution in [0.1, 0.15) is 12.8 Å². The van der Waals surface area contributed by atoms with Crippen molar-refractivity contribution in [2.45, 2.75) is 24.6 Å². The fraction of sp³-hybridized carbons (Fsp3) is 1.00. The molecular formula is C10H23NO4Si2. The zero-order valence-electron chi connectivity index (χ0n) is 11.2. The average Bonchev–Trinajstić information content (AvgIpc) is 2.36. The lowest BCUT2D eigenvalue weighted by Gasteiger charge is -2.40. The second-order valence-electron chi connectivity index (χ2n) is 4.06. The maximum absolute atomic E-state index is 5.40. The molecule has 0 spiro atoms. The quantitative estimate of drug-likeness (QED) is 0.576. The van der Waals surface area contributed by atoms with E-state index in [1.54, 1.807) is 28.4 Å². The molecule has 100 valence electrons. The van der Waals surface area contributed by atoms with E-state index in [1.807, 2.05) is 0 Å². The molecule has 17 heavy (non-hydrogen) atoms. The molecule has 0 amide bonds. The third kappa shape index (κ3) is 4.13. The SMILES string of the molecule is CO[Si]C1CCN1CCC[Si](OC)(OC)OC. The van der Waals surface area contributed by atoms with Crippen molar-refractivity contribution >= 4 is 18.6 Å². The minimum atomic E-state index is -2.37. The van der Waals surface area contributed by atoms with Crippen molar-refractivity contribution in [3.05, 3.63) is 0 Å². The zero-order valence-corrected chi connectivity index (χ0v) is 13.2. The molecule has 7 heteroatoms. The largest absolute Gasteiger partial charge is 0.500 e. The van der Waals surface area contributed by atoms with Crippen molar-refractivity contribution in [3.8, 4) is 0 Å². The van der Waals surface area contributed by atoms with Crippen molar-refractivity contribution in [2.24, 2.45) is 0 Å². The van der Waals surface area contributed by atoms with Crippen molar-refractivity contribution < 1.29 is 17.7 Å². The van der Waals surface area contributed by atoms with Gasteiger partial charge in [0, 0.05) is 40.1 Å². The van der Waals surface area contributed by atoms with Gasteiger partial charge in [0.05, 0.1) is 0 Å². The fourth-order valence-electron chi connectivity index (χ4n) is 2.03. The van der Waals surface area contributed by atoms with Crippen LogP contribution in [-0.4, -0.2) is 70.7 Å². The Bertz CT molecular complexity index is 208. The van der Waals surface area contributed by atoms with Gasteiger partial charge < -0.3 is 22.6 Å². The molecule has 1 saturated heterocycles. The monoisotopic (exact) mass is 277 g/mol. The Morgan fingerprint density at radius 1 is 1.18 bits per heavy atom. The summed E-state index contributed by atoms with van der Waals surface area (Å²) in [5.41, 5.74) is 0.628. The van der Waals surface area contributed by atoms with Crippen LogP contribution in [0.3, 0.4) is 0 Å². The summed E-state index contributed by atoms with van der Waals surface area (Å²) in [6, 6.07) is 0.871. The molecule has 1 heterocycles. The summed E-state index contributed by atoms with van der Waals surface area (Å²) in [7, 11) is 4.99. The highest BCUT2D eigenvalue weighted by Gasteiger charge is 2.38. The lowest BCUT2D eigenvalue weighted by molar-refractivity contribution is 0.111. The number of nitrogens with zero attached hydrogens (tertiary/aromatic N) is 1. The Labute approximate surface area is 108 Å². The van der Waals surface area contributed by atoms with Gasteiger partial charge in [-0.05, 0) is 25.9 Å². The lowest BCUT2D eigenvalue weighted by Crippen LogP contribution is -2.52. The molecule has 0 aromatic rings. The maximum atomic E-state index is 5.40. The number of likely N-dealkylation sites (tertiary alicyclic amines) is 1. The van der Waals surface area contributed by atoms with Gasteiger partial charge in [-0.15, -0.1) is 0 Å². The highest BCUT2D eigenvalue weighted by Crippen LogP contribution is 2.20. The Morgan fingerprint density at radius 2 is 1.82 bits per heavy atom. The fourth-order valence-corrected chi connectivity index (χ4v) is 4.66. The van der Waals surface area contributed by atoms with E-state index in [4.69, 9.17) is 17.7 Å². The Hall–Kier alpha value is 0.234. The molecule has 1 aliphatic rings. The highest BCUT2D eigenvalue weighted by atomic mass is 28.4. The van der Waals surface area contributed by atoms with E-state index in [0.29, 0.717) is 15.4 Å². The molecular weight excluding hydrogens is 254 g/mol. The summed E-state index contributed by atoms with van der Waals surface area (Å²) < 4.78 is 21.4. The molecule has 2 radical (unpaired) electrons. The third-order valence-electron chi connectivity index (χ3n) is 3.25. The van der Waals surface area contributed by atoms with E-state index >= 15 is 0 Å². The number of hydrogen-bond donors (Lipinski definition) is 0. The Kier molecular flexibility index (Phi) is 6.86. The second-order valence-corrected chi connectivity index (χ2v) is 8.46. The molecule has 1 atom stereocenters. The van der Waals surface area contributed by atoms with E-state index < -0.39 is 8.80 Å². The predicted molar refractivity (Wildman–Crippen MR) is 68.9 cm³/mol. The second kappa shape index (κ2) is 7.62. The van der Waals surface area contributed by atoms with Gasteiger partial charge in [-0.3, -0.25) is 0 Å². The summed E-state index contributed by atoms with van der Waals surface area (Å²) in [5.74, 6) is 0. The minimum Gasteiger partial charge on any atom is -0.419 e. The molecule has 0 saturated carbocycles. The van der Waals surface area contributed by atoms with Crippen LogP contribution < -0.4 is 0 Å². The van der Waals surface area contributed by atoms with E-state index in [2.05, 4.69) is 4.90 Å². The van der Waals surface area contributed by atoms with Crippen LogP contribution in [0.15, 0.2) is 0 Å². The van der Waals surface area contributed by atoms with Gasteiger partial charge in [-0.25, -0.2) is 0 Å².